The number of rotatable bonds is 5. The highest BCUT2D eigenvalue weighted by Gasteiger charge is 2.18. The molecule has 0 saturated heterocycles. The molecule has 0 saturated carbocycles. The molecular weight excluding hydrogens is 360 g/mol. The van der Waals surface area contributed by atoms with Crippen molar-refractivity contribution in [1.29, 1.82) is 0 Å². The molecule has 0 spiro atoms. The van der Waals surface area contributed by atoms with Gasteiger partial charge in [0.05, 0.1) is 10.7 Å². The number of nitrogens with zero attached hydrogens (tertiary/aromatic N) is 3. The monoisotopic (exact) mass is 380 g/mol. The Bertz CT molecular complexity index is 936. The molecule has 0 bridgehead atoms. The minimum absolute atomic E-state index is 0.180. The number of amides is 1. The van der Waals surface area contributed by atoms with Gasteiger partial charge in [0.2, 0.25) is 5.95 Å². The van der Waals surface area contributed by atoms with Crippen LogP contribution in [0.5, 0.6) is 0 Å². The summed E-state index contributed by atoms with van der Waals surface area (Å²) >= 11 is 6.35. The van der Waals surface area contributed by atoms with E-state index in [1.807, 2.05) is 63.2 Å². The fourth-order valence-electron chi connectivity index (χ4n) is 2.91. The molecule has 0 atom stereocenters. The maximum atomic E-state index is 12.9. The summed E-state index contributed by atoms with van der Waals surface area (Å²) in [7, 11) is 0. The number of benzene rings is 2. The summed E-state index contributed by atoms with van der Waals surface area (Å²) in [6, 6.07) is 15.0. The van der Waals surface area contributed by atoms with Crippen LogP contribution in [-0.2, 0) is 0 Å². The molecule has 6 heteroatoms. The number of aryl methyl sites for hydroxylation is 2. The summed E-state index contributed by atoms with van der Waals surface area (Å²) in [6.07, 6.45) is 1.57. The highest BCUT2D eigenvalue weighted by Crippen LogP contribution is 2.29. The Morgan fingerprint density at radius 3 is 2.56 bits per heavy atom. The third-order valence-corrected chi connectivity index (χ3v) is 4.47. The van der Waals surface area contributed by atoms with Gasteiger partial charge in [-0.1, -0.05) is 35.9 Å². The standard InChI is InChI=1S/C21H21ClN4O/c1-4-26(16-8-6-5-7-9-16)20(27)18-10-11-23-21(24-18)25-19-15(3)12-14(2)13-17(19)22/h5-13H,4H2,1-3H3,(H,23,24,25). The van der Waals surface area contributed by atoms with Gasteiger partial charge in [-0.05, 0) is 56.2 Å². The lowest BCUT2D eigenvalue weighted by molar-refractivity contribution is 0.0983. The van der Waals surface area contributed by atoms with Gasteiger partial charge in [-0.25, -0.2) is 9.97 Å². The SMILES string of the molecule is CCN(C(=O)c1ccnc(Nc2c(C)cc(C)cc2Cl)n1)c1ccccc1. The van der Waals surface area contributed by atoms with Crippen molar-refractivity contribution in [3.8, 4) is 0 Å². The zero-order valence-electron chi connectivity index (χ0n) is 15.5. The van der Waals surface area contributed by atoms with Crippen LogP contribution in [0, 0.1) is 13.8 Å². The number of halogens is 1. The van der Waals surface area contributed by atoms with Gasteiger partial charge in [0.1, 0.15) is 5.69 Å². The quantitative estimate of drug-likeness (QED) is 0.664. The number of hydrogen-bond donors (Lipinski definition) is 1. The first kappa shape index (κ1) is 18.9. The number of carbonyl (C=O) groups excluding carboxylic acids is 1. The van der Waals surface area contributed by atoms with Crippen LogP contribution in [-0.4, -0.2) is 22.4 Å². The summed E-state index contributed by atoms with van der Waals surface area (Å²) in [6.45, 7) is 6.42. The average Bonchev–Trinajstić information content (AvgIpc) is 2.66. The van der Waals surface area contributed by atoms with Gasteiger partial charge in [-0.3, -0.25) is 4.79 Å². The van der Waals surface area contributed by atoms with Gasteiger partial charge in [0, 0.05) is 18.4 Å². The summed E-state index contributed by atoms with van der Waals surface area (Å²) in [5.74, 6) is 0.152. The van der Waals surface area contributed by atoms with Crippen molar-refractivity contribution < 1.29 is 4.79 Å². The van der Waals surface area contributed by atoms with E-state index in [1.54, 1.807) is 17.2 Å². The number of carbonyl (C=O) groups is 1. The largest absolute Gasteiger partial charge is 0.323 e. The fourth-order valence-corrected chi connectivity index (χ4v) is 3.28. The van der Waals surface area contributed by atoms with Crippen LogP contribution in [0.15, 0.2) is 54.7 Å². The third kappa shape index (κ3) is 4.26. The van der Waals surface area contributed by atoms with Gasteiger partial charge in [0.25, 0.3) is 5.91 Å². The van der Waals surface area contributed by atoms with E-state index in [1.165, 1.54) is 0 Å². The molecule has 1 heterocycles. The zero-order chi connectivity index (χ0) is 19.4. The molecule has 0 aliphatic carbocycles. The smallest absolute Gasteiger partial charge is 0.277 e. The minimum Gasteiger partial charge on any atom is -0.323 e. The molecule has 3 aromatic rings. The summed E-state index contributed by atoms with van der Waals surface area (Å²) in [5, 5.41) is 3.72. The lowest BCUT2D eigenvalue weighted by Crippen LogP contribution is -2.31. The van der Waals surface area contributed by atoms with Crippen molar-refractivity contribution in [1.82, 2.24) is 9.97 Å². The van der Waals surface area contributed by atoms with E-state index in [9.17, 15) is 4.79 Å². The Labute approximate surface area is 164 Å². The number of aromatic nitrogens is 2. The van der Waals surface area contributed by atoms with Crippen LogP contribution in [0.3, 0.4) is 0 Å². The normalized spacial score (nSPS) is 10.5. The Balaban J connectivity index is 1.88. The second-order valence-electron chi connectivity index (χ2n) is 6.21. The van der Waals surface area contributed by atoms with Gasteiger partial charge >= 0.3 is 0 Å². The van der Waals surface area contributed by atoms with Crippen LogP contribution in [0.1, 0.15) is 28.5 Å². The molecule has 5 nitrogen and oxygen atoms in total. The van der Waals surface area contributed by atoms with Gasteiger partial charge < -0.3 is 10.2 Å². The van der Waals surface area contributed by atoms with Crippen molar-refractivity contribution in [3.05, 3.63) is 76.6 Å². The lowest BCUT2D eigenvalue weighted by Gasteiger charge is -2.20. The van der Waals surface area contributed by atoms with Crippen LogP contribution < -0.4 is 10.2 Å². The minimum atomic E-state index is -0.180. The van der Waals surface area contributed by atoms with E-state index in [0.717, 1.165) is 22.5 Å². The molecule has 0 aliphatic rings. The Kier molecular flexibility index (Phi) is 5.72. The molecule has 1 amide bonds. The van der Waals surface area contributed by atoms with Crippen LogP contribution in [0.25, 0.3) is 0 Å². The second-order valence-corrected chi connectivity index (χ2v) is 6.62. The van der Waals surface area contributed by atoms with Gasteiger partial charge in [-0.2, -0.15) is 0 Å². The second kappa shape index (κ2) is 8.18. The van der Waals surface area contributed by atoms with Crippen molar-refractivity contribution in [2.24, 2.45) is 0 Å². The lowest BCUT2D eigenvalue weighted by atomic mass is 10.1. The predicted molar refractivity (Wildman–Crippen MR) is 110 cm³/mol. The Morgan fingerprint density at radius 1 is 1.15 bits per heavy atom. The predicted octanol–water partition coefficient (Wildman–Crippen LogP) is 5.16. The van der Waals surface area contributed by atoms with E-state index in [4.69, 9.17) is 11.6 Å². The summed E-state index contributed by atoms with van der Waals surface area (Å²) in [5.41, 5.74) is 3.95. The molecule has 1 aromatic heterocycles. The molecule has 0 aliphatic heterocycles. The molecule has 27 heavy (non-hydrogen) atoms. The molecule has 0 radical (unpaired) electrons. The molecule has 1 N–H and O–H groups in total. The number of hydrogen-bond acceptors (Lipinski definition) is 4. The van der Waals surface area contributed by atoms with Crippen molar-refractivity contribution >= 4 is 34.8 Å². The first-order valence-corrected chi connectivity index (χ1v) is 9.11. The maximum absolute atomic E-state index is 12.9. The van der Waals surface area contributed by atoms with Crippen LogP contribution in [0.4, 0.5) is 17.3 Å². The van der Waals surface area contributed by atoms with E-state index < -0.39 is 0 Å². The van der Waals surface area contributed by atoms with Crippen molar-refractivity contribution in [3.63, 3.8) is 0 Å². The highest BCUT2D eigenvalue weighted by atomic mass is 35.5. The van der Waals surface area contributed by atoms with E-state index >= 15 is 0 Å². The molecule has 0 fully saturated rings. The summed E-state index contributed by atoms with van der Waals surface area (Å²) in [4.78, 5) is 23.2. The van der Waals surface area contributed by atoms with Crippen molar-refractivity contribution in [2.45, 2.75) is 20.8 Å². The van der Waals surface area contributed by atoms with E-state index in [-0.39, 0.29) is 5.91 Å². The molecular formula is C21H21ClN4O. The molecule has 2 aromatic carbocycles. The molecule has 0 unspecified atom stereocenters. The summed E-state index contributed by atoms with van der Waals surface area (Å²) < 4.78 is 0. The first-order chi connectivity index (χ1) is 13.0. The zero-order valence-corrected chi connectivity index (χ0v) is 16.3. The Hall–Kier alpha value is -2.92. The number of anilines is 3. The van der Waals surface area contributed by atoms with E-state index in [2.05, 4.69) is 15.3 Å². The topological polar surface area (TPSA) is 58.1 Å². The van der Waals surface area contributed by atoms with Gasteiger partial charge in [-0.15, -0.1) is 0 Å². The fraction of sp³-hybridized carbons (Fsp3) is 0.190. The maximum Gasteiger partial charge on any atom is 0.277 e. The third-order valence-electron chi connectivity index (χ3n) is 4.17. The number of para-hydroxylation sites is 1. The van der Waals surface area contributed by atoms with E-state index in [0.29, 0.717) is 23.2 Å². The first-order valence-electron chi connectivity index (χ1n) is 8.73. The average molecular weight is 381 g/mol. The van der Waals surface area contributed by atoms with Crippen LogP contribution >= 0.6 is 11.6 Å². The number of nitrogens with one attached hydrogen (secondary N) is 1. The molecule has 3 rings (SSSR count). The van der Waals surface area contributed by atoms with Gasteiger partial charge in [0.15, 0.2) is 0 Å². The Morgan fingerprint density at radius 2 is 1.89 bits per heavy atom. The van der Waals surface area contributed by atoms with Crippen LogP contribution in [0.2, 0.25) is 5.02 Å². The van der Waals surface area contributed by atoms with Crippen molar-refractivity contribution in [2.75, 3.05) is 16.8 Å². The highest BCUT2D eigenvalue weighted by molar-refractivity contribution is 6.33. The molecule has 138 valence electrons.